The number of ether oxygens (including phenoxy) is 1. The third-order valence-electron chi connectivity index (χ3n) is 4.46. The number of pyridine rings is 1. The summed E-state index contributed by atoms with van der Waals surface area (Å²) in [5.74, 6) is -1.15. The minimum absolute atomic E-state index is 0.0481. The molecule has 31 heavy (non-hydrogen) atoms. The van der Waals surface area contributed by atoms with Crippen LogP contribution >= 0.6 is 23.2 Å². The Morgan fingerprint density at radius 2 is 1.84 bits per heavy atom. The van der Waals surface area contributed by atoms with E-state index in [-0.39, 0.29) is 27.8 Å². The van der Waals surface area contributed by atoms with E-state index in [9.17, 15) is 9.59 Å². The molecule has 1 atom stereocenters. The third-order valence-corrected chi connectivity index (χ3v) is 5.09. The van der Waals surface area contributed by atoms with Crippen molar-refractivity contribution in [3.8, 4) is 5.75 Å². The van der Waals surface area contributed by atoms with Crippen LogP contribution in [0.15, 0.2) is 48.7 Å². The van der Waals surface area contributed by atoms with Crippen LogP contribution in [-0.2, 0) is 16.0 Å². The quantitative estimate of drug-likeness (QED) is 0.364. The Bertz CT molecular complexity index is 1110. The minimum Gasteiger partial charge on any atom is -0.510 e. The fraction of sp³-hybridized carbons (Fsp3) is 0.150. The maximum Gasteiger partial charge on any atom is 0.707 e. The fourth-order valence-electron chi connectivity index (χ4n) is 3.09. The molecule has 0 unspecified atom stereocenters. The molecule has 0 saturated heterocycles. The van der Waals surface area contributed by atoms with Gasteiger partial charge in [-0.3, -0.25) is 9.78 Å². The van der Waals surface area contributed by atoms with Crippen molar-refractivity contribution in [3.05, 3.63) is 69.8 Å². The highest BCUT2D eigenvalue weighted by Gasteiger charge is 2.26. The highest BCUT2D eigenvalue weighted by Crippen LogP contribution is 2.28. The molecule has 0 aliphatic heterocycles. The summed E-state index contributed by atoms with van der Waals surface area (Å²) in [4.78, 5) is 29.4. The predicted octanol–water partition coefficient (Wildman–Crippen LogP) is 2.40. The van der Waals surface area contributed by atoms with E-state index in [4.69, 9.17) is 42.6 Å². The number of nitrogens with one attached hydrogen (secondary N) is 1. The molecule has 8 nitrogen and oxygen atoms in total. The minimum atomic E-state index is -2.02. The molecule has 11 heteroatoms. The summed E-state index contributed by atoms with van der Waals surface area (Å²) in [6, 6.07) is 10.1. The van der Waals surface area contributed by atoms with Gasteiger partial charge in [-0.25, -0.2) is 4.79 Å². The molecular weight excluding hydrogens is 446 g/mol. The fourth-order valence-corrected chi connectivity index (χ4v) is 3.66. The number of esters is 1. The van der Waals surface area contributed by atoms with Crippen molar-refractivity contribution in [1.29, 1.82) is 0 Å². The second kappa shape index (κ2) is 9.97. The van der Waals surface area contributed by atoms with Crippen LogP contribution < -0.4 is 9.97 Å². The van der Waals surface area contributed by atoms with Gasteiger partial charge in [0.2, 0.25) is 0 Å². The number of aromatic nitrogens is 1. The molecule has 2 aromatic carbocycles. The van der Waals surface area contributed by atoms with Gasteiger partial charge < -0.3 is 24.8 Å². The van der Waals surface area contributed by atoms with Gasteiger partial charge in [-0.05, 0) is 29.8 Å². The van der Waals surface area contributed by atoms with Crippen LogP contribution in [0.1, 0.15) is 15.9 Å². The molecule has 0 fully saturated rings. The summed E-state index contributed by atoms with van der Waals surface area (Å²) in [6.07, 6.45) is 1.58. The van der Waals surface area contributed by atoms with E-state index in [1.165, 1.54) is 31.5 Å². The van der Waals surface area contributed by atoms with E-state index in [1.54, 1.807) is 24.3 Å². The van der Waals surface area contributed by atoms with Crippen molar-refractivity contribution in [2.75, 3.05) is 7.11 Å². The first-order valence-corrected chi connectivity index (χ1v) is 9.79. The number of amides is 1. The Balaban J connectivity index is 1.94. The maximum atomic E-state index is 12.8. The lowest BCUT2D eigenvalue weighted by atomic mass is 10.00. The molecule has 0 aliphatic rings. The number of carbonyl (C=O) groups excluding carboxylic acids is 2. The van der Waals surface area contributed by atoms with E-state index in [0.29, 0.717) is 16.5 Å². The zero-order valence-electron chi connectivity index (χ0n) is 16.2. The predicted molar refractivity (Wildman–Crippen MR) is 116 cm³/mol. The molecule has 3 rings (SSSR count). The van der Waals surface area contributed by atoms with Crippen LogP contribution in [0.25, 0.3) is 10.9 Å². The van der Waals surface area contributed by atoms with Crippen LogP contribution in [0.5, 0.6) is 5.75 Å². The molecule has 0 saturated carbocycles. The van der Waals surface area contributed by atoms with Crippen LogP contribution in [0.4, 0.5) is 0 Å². The number of halogens is 2. The van der Waals surface area contributed by atoms with E-state index in [2.05, 4.69) is 10.3 Å². The van der Waals surface area contributed by atoms with Crippen LogP contribution in [-0.4, -0.2) is 47.4 Å². The molecule has 1 aromatic heterocycles. The Kier molecular flexibility index (Phi) is 7.35. The molecule has 3 N–H and O–H groups in total. The van der Waals surface area contributed by atoms with Gasteiger partial charge >= 0.3 is 13.3 Å². The summed E-state index contributed by atoms with van der Waals surface area (Å²) < 4.78 is 9.81. The summed E-state index contributed by atoms with van der Waals surface area (Å²) in [7, 11) is -0.804. The topological polar surface area (TPSA) is 118 Å². The Morgan fingerprint density at radius 1 is 1.13 bits per heavy atom. The number of methoxy groups -OCH3 is 1. The summed E-state index contributed by atoms with van der Waals surface area (Å²) in [5, 5.41) is 21.7. The van der Waals surface area contributed by atoms with Gasteiger partial charge in [0.05, 0.1) is 22.7 Å². The largest absolute Gasteiger partial charge is 0.707 e. The highest BCUT2D eigenvalue weighted by atomic mass is 35.5. The standard InChI is InChI=1S/C20H17BCl2N2O6/c1-30-20(27)15(25-19(26)17-13(22)5-2-6-14(17)23)10-11-7-8-16(31-21(28)29)18-12(11)4-3-9-24-18/h2-9,15,28-29H,10H2,1H3,(H,25,26)/t15-/m0/s1. The molecule has 160 valence electrons. The molecule has 1 amide bonds. The second-order valence-electron chi connectivity index (χ2n) is 6.42. The average molecular weight is 463 g/mol. The lowest BCUT2D eigenvalue weighted by molar-refractivity contribution is -0.142. The number of carbonyl (C=O) groups is 2. The van der Waals surface area contributed by atoms with Crippen molar-refractivity contribution < 1.29 is 29.0 Å². The van der Waals surface area contributed by atoms with Crippen molar-refractivity contribution in [2.24, 2.45) is 0 Å². The smallest absolute Gasteiger partial charge is 0.510 e. The molecular formula is C20H17BCl2N2O6. The molecule has 1 heterocycles. The first-order chi connectivity index (χ1) is 14.8. The molecule has 0 radical (unpaired) electrons. The second-order valence-corrected chi connectivity index (χ2v) is 7.23. The van der Waals surface area contributed by atoms with Gasteiger partial charge in [-0.1, -0.05) is 41.4 Å². The zero-order valence-corrected chi connectivity index (χ0v) is 17.7. The van der Waals surface area contributed by atoms with Crippen molar-refractivity contribution in [2.45, 2.75) is 12.5 Å². The van der Waals surface area contributed by atoms with Gasteiger partial charge in [-0.2, -0.15) is 0 Å². The van der Waals surface area contributed by atoms with E-state index < -0.39 is 25.2 Å². The van der Waals surface area contributed by atoms with E-state index in [0.717, 1.165) is 0 Å². The average Bonchev–Trinajstić information content (AvgIpc) is 2.73. The monoisotopic (exact) mass is 462 g/mol. The van der Waals surface area contributed by atoms with E-state index >= 15 is 0 Å². The van der Waals surface area contributed by atoms with Crippen molar-refractivity contribution in [1.82, 2.24) is 10.3 Å². The highest BCUT2D eigenvalue weighted by molar-refractivity contribution is 6.39. The van der Waals surface area contributed by atoms with Crippen molar-refractivity contribution >= 4 is 53.3 Å². The first kappa shape index (κ1) is 22.8. The van der Waals surface area contributed by atoms with Gasteiger partial charge in [0, 0.05) is 18.0 Å². The normalized spacial score (nSPS) is 11.6. The van der Waals surface area contributed by atoms with Gasteiger partial charge in [0.1, 0.15) is 17.3 Å². The summed E-state index contributed by atoms with van der Waals surface area (Å²) >= 11 is 12.2. The number of benzene rings is 2. The Hall–Kier alpha value is -2.85. The van der Waals surface area contributed by atoms with Gasteiger partial charge in [0.15, 0.2) is 0 Å². The molecule has 0 aliphatic carbocycles. The number of fused-ring (bicyclic) bond motifs is 1. The summed E-state index contributed by atoms with van der Waals surface area (Å²) in [5.41, 5.74) is 1.05. The molecule has 0 bridgehead atoms. The number of hydrogen-bond donors (Lipinski definition) is 3. The van der Waals surface area contributed by atoms with Crippen molar-refractivity contribution in [3.63, 3.8) is 0 Å². The van der Waals surface area contributed by atoms with E-state index in [1.807, 2.05) is 0 Å². The Labute approximate surface area is 187 Å². The third kappa shape index (κ3) is 5.26. The summed E-state index contributed by atoms with van der Waals surface area (Å²) in [6.45, 7) is 0. The first-order valence-electron chi connectivity index (χ1n) is 9.04. The molecule has 0 spiro atoms. The molecule has 3 aromatic rings. The van der Waals surface area contributed by atoms with Crippen LogP contribution in [0.2, 0.25) is 10.0 Å². The van der Waals surface area contributed by atoms with Crippen LogP contribution in [0.3, 0.4) is 0 Å². The number of rotatable bonds is 7. The van der Waals surface area contributed by atoms with Crippen LogP contribution in [0, 0.1) is 0 Å². The van der Waals surface area contributed by atoms with Gasteiger partial charge in [0.25, 0.3) is 5.91 Å². The Morgan fingerprint density at radius 3 is 2.48 bits per heavy atom. The SMILES string of the molecule is COC(=O)[C@H](Cc1ccc(OB(O)O)c2ncccc12)NC(=O)c1c(Cl)cccc1Cl. The lowest BCUT2D eigenvalue weighted by Crippen LogP contribution is -2.43. The zero-order chi connectivity index (χ0) is 22.5. The number of hydrogen-bond acceptors (Lipinski definition) is 7. The lowest BCUT2D eigenvalue weighted by Gasteiger charge is -2.19. The number of nitrogens with zero attached hydrogens (tertiary/aromatic N) is 1. The maximum absolute atomic E-state index is 12.8. The van der Waals surface area contributed by atoms with Gasteiger partial charge in [-0.15, -0.1) is 0 Å².